The van der Waals surface area contributed by atoms with Gasteiger partial charge in [-0.3, -0.25) is 9.69 Å². The Balaban J connectivity index is 2.28. The third-order valence-corrected chi connectivity index (χ3v) is 2.89. The summed E-state index contributed by atoms with van der Waals surface area (Å²) in [7, 11) is 0. The van der Waals surface area contributed by atoms with Crippen LogP contribution in [0, 0.1) is 0 Å². The Labute approximate surface area is 85.1 Å². The third-order valence-electron chi connectivity index (χ3n) is 2.89. The van der Waals surface area contributed by atoms with Crippen LogP contribution in [0.4, 0.5) is 0 Å². The fourth-order valence-corrected chi connectivity index (χ4v) is 1.96. The van der Waals surface area contributed by atoms with Gasteiger partial charge in [-0.15, -0.1) is 0 Å². The van der Waals surface area contributed by atoms with Crippen LogP contribution in [-0.2, 0) is 4.79 Å². The Morgan fingerprint density at radius 3 is 3.00 bits per heavy atom. The zero-order valence-electron chi connectivity index (χ0n) is 8.78. The number of rotatable bonds is 4. The van der Waals surface area contributed by atoms with Crippen LogP contribution in [0.1, 0.15) is 32.6 Å². The molecule has 1 rings (SSSR count). The number of nitrogens with zero attached hydrogens (tertiary/aromatic N) is 1. The molecule has 0 aromatic heterocycles. The number of piperidine rings is 1. The summed E-state index contributed by atoms with van der Waals surface area (Å²) in [6.45, 7) is 4.07. The molecule has 14 heavy (non-hydrogen) atoms. The first kappa shape index (κ1) is 11.5. The number of carbonyl (C=O) groups is 1. The average Bonchev–Trinajstić information content (AvgIpc) is 2.14. The molecule has 0 aliphatic carbocycles. The zero-order valence-corrected chi connectivity index (χ0v) is 8.78. The summed E-state index contributed by atoms with van der Waals surface area (Å²) >= 11 is 0. The molecular formula is C10H20N2O2. The minimum Gasteiger partial charge on any atom is -0.481 e. The minimum absolute atomic E-state index is 0.257. The van der Waals surface area contributed by atoms with E-state index in [9.17, 15) is 4.79 Å². The average molecular weight is 200 g/mol. The third kappa shape index (κ3) is 3.64. The Morgan fingerprint density at radius 2 is 2.43 bits per heavy atom. The second-order valence-electron chi connectivity index (χ2n) is 4.18. The molecule has 4 nitrogen and oxygen atoms in total. The van der Waals surface area contributed by atoms with Crippen LogP contribution in [0.2, 0.25) is 0 Å². The molecule has 1 aliphatic rings. The van der Waals surface area contributed by atoms with E-state index in [1.165, 1.54) is 0 Å². The highest BCUT2D eigenvalue weighted by Crippen LogP contribution is 2.14. The van der Waals surface area contributed by atoms with E-state index < -0.39 is 5.97 Å². The van der Waals surface area contributed by atoms with Gasteiger partial charge in [0.25, 0.3) is 0 Å². The molecule has 3 N–H and O–H groups in total. The molecule has 2 atom stereocenters. The van der Waals surface area contributed by atoms with E-state index in [2.05, 4.69) is 11.8 Å². The molecule has 2 unspecified atom stereocenters. The first-order valence-corrected chi connectivity index (χ1v) is 5.31. The maximum Gasteiger partial charge on any atom is 0.303 e. The molecule has 1 aliphatic heterocycles. The first-order valence-electron chi connectivity index (χ1n) is 5.31. The second kappa shape index (κ2) is 5.32. The largest absolute Gasteiger partial charge is 0.481 e. The van der Waals surface area contributed by atoms with E-state index in [0.29, 0.717) is 6.04 Å². The SMILES string of the molecule is CC(CCC(=O)O)N1CCCC(N)C1. The highest BCUT2D eigenvalue weighted by molar-refractivity contribution is 5.66. The van der Waals surface area contributed by atoms with E-state index >= 15 is 0 Å². The summed E-state index contributed by atoms with van der Waals surface area (Å²) in [5.74, 6) is -0.710. The summed E-state index contributed by atoms with van der Waals surface area (Å²) in [6.07, 6.45) is 3.22. The van der Waals surface area contributed by atoms with Crippen molar-refractivity contribution < 1.29 is 9.90 Å². The lowest BCUT2D eigenvalue weighted by molar-refractivity contribution is -0.137. The molecule has 1 heterocycles. The lowest BCUT2D eigenvalue weighted by atomic mass is 10.0. The molecule has 0 bridgehead atoms. The number of hydrogen-bond donors (Lipinski definition) is 2. The molecule has 0 aromatic rings. The molecule has 0 aromatic carbocycles. The van der Waals surface area contributed by atoms with Crippen LogP contribution in [0.25, 0.3) is 0 Å². The van der Waals surface area contributed by atoms with Crippen molar-refractivity contribution in [2.24, 2.45) is 5.73 Å². The van der Waals surface area contributed by atoms with Gasteiger partial charge < -0.3 is 10.8 Å². The Morgan fingerprint density at radius 1 is 1.71 bits per heavy atom. The van der Waals surface area contributed by atoms with E-state index in [-0.39, 0.29) is 12.5 Å². The highest BCUT2D eigenvalue weighted by Gasteiger charge is 2.21. The number of aliphatic carboxylic acids is 1. The van der Waals surface area contributed by atoms with Crippen molar-refractivity contribution in [2.45, 2.75) is 44.7 Å². The monoisotopic (exact) mass is 200 g/mol. The van der Waals surface area contributed by atoms with Crippen molar-refractivity contribution in [3.05, 3.63) is 0 Å². The summed E-state index contributed by atoms with van der Waals surface area (Å²) in [5.41, 5.74) is 5.86. The van der Waals surface area contributed by atoms with Crippen LogP contribution in [0.3, 0.4) is 0 Å². The van der Waals surface area contributed by atoms with E-state index in [0.717, 1.165) is 32.4 Å². The fourth-order valence-electron chi connectivity index (χ4n) is 1.96. The Kier molecular flexibility index (Phi) is 4.35. The Bertz CT molecular complexity index is 197. The zero-order chi connectivity index (χ0) is 10.6. The summed E-state index contributed by atoms with van der Waals surface area (Å²) in [5, 5.41) is 8.57. The standard InChI is InChI=1S/C10H20N2O2/c1-8(4-5-10(13)14)12-6-2-3-9(11)7-12/h8-9H,2-7,11H2,1H3,(H,13,14). The topological polar surface area (TPSA) is 66.6 Å². The van der Waals surface area contributed by atoms with Gasteiger partial charge >= 0.3 is 5.97 Å². The number of carboxylic acid groups (broad SMARTS) is 1. The molecular weight excluding hydrogens is 180 g/mol. The lowest BCUT2D eigenvalue weighted by Gasteiger charge is -2.35. The van der Waals surface area contributed by atoms with E-state index in [1.54, 1.807) is 0 Å². The molecule has 82 valence electrons. The van der Waals surface area contributed by atoms with Crippen molar-refractivity contribution >= 4 is 5.97 Å². The predicted molar refractivity (Wildman–Crippen MR) is 55.1 cm³/mol. The van der Waals surface area contributed by atoms with Crippen LogP contribution in [0.5, 0.6) is 0 Å². The smallest absolute Gasteiger partial charge is 0.303 e. The van der Waals surface area contributed by atoms with Gasteiger partial charge in [-0.2, -0.15) is 0 Å². The van der Waals surface area contributed by atoms with Crippen LogP contribution < -0.4 is 5.73 Å². The predicted octanol–water partition coefficient (Wildman–Crippen LogP) is 0.663. The van der Waals surface area contributed by atoms with E-state index in [4.69, 9.17) is 10.8 Å². The maximum atomic E-state index is 10.4. The quantitative estimate of drug-likeness (QED) is 0.699. The van der Waals surface area contributed by atoms with Crippen LogP contribution >= 0.6 is 0 Å². The van der Waals surface area contributed by atoms with Gasteiger partial charge in [0.1, 0.15) is 0 Å². The summed E-state index contributed by atoms with van der Waals surface area (Å²) < 4.78 is 0. The van der Waals surface area contributed by atoms with Gasteiger partial charge in [-0.1, -0.05) is 0 Å². The number of nitrogens with two attached hydrogens (primary N) is 1. The molecule has 0 radical (unpaired) electrons. The molecule has 1 fully saturated rings. The summed E-state index contributed by atoms with van der Waals surface area (Å²) in [6, 6.07) is 0.619. The van der Waals surface area contributed by atoms with Gasteiger partial charge in [0.2, 0.25) is 0 Å². The van der Waals surface area contributed by atoms with Gasteiger partial charge in [-0.05, 0) is 32.7 Å². The van der Waals surface area contributed by atoms with Gasteiger partial charge in [-0.25, -0.2) is 0 Å². The van der Waals surface area contributed by atoms with Gasteiger partial charge in [0.15, 0.2) is 0 Å². The van der Waals surface area contributed by atoms with Crippen molar-refractivity contribution in [1.29, 1.82) is 0 Å². The highest BCUT2D eigenvalue weighted by atomic mass is 16.4. The van der Waals surface area contributed by atoms with Crippen LogP contribution in [0.15, 0.2) is 0 Å². The second-order valence-corrected chi connectivity index (χ2v) is 4.18. The maximum absolute atomic E-state index is 10.4. The number of carboxylic acids is 1. The van der Waals surface area contributed by atoms with Gasteiger partial charge in [0.05, 0.1) is 0 Å². The molecule has 0 amide bonds. The normalized spacial score (nSPS) is 26.0. The first-order chi connectivity index (χ1) is 6.59. The van der Waals surface area contributed by atoms with E-state index in [1.807, 2.05) is 0 Å². The number of hydrogen-bond acceptors (Lipinski definition) is 3. The fraction of sp³-hybridized carbons (Fsp3) is 0.900. The molecule has 0 spiro atoms. The molecule has 1 saturated heterocycles. The molecule has 0 saturated carbocycles. The lowest BCUT2D eigenvalue weighted by Crippen LogP contribution is -2.46. The Hall–Kier alpha value is -0.610. The molecule has 4 heteroatoms. The summed E-state index contributed by atoms with van der Waals surface area (Å²) in [4.78, 5) is 12.7. The minimum atomic E-state index is -0.710. The van der Waals surface area contributed by atoms with Crippen molar-refractivity contribution in [3.8, 4) is 0 Å². The van der Waals surface area contributed by atoms with Crippen molar-refractivity contribution in [2.75, 3.05) is 13.1 Å². The van der Waals surface area contributed by atoms with Crippen LogP contribution in [-0.4, -0.2) is 41.1 Å². The van der Waals surface area contributed by atoms with Crippen molar-refractivity contribution in [3.63, 3.8) is 0 Å². The van der Waals surface area contributed by atoms with Crippen molar-refractivity contribution in [1.82, 2.24) is 4.90 Å². The number of likely N-dealkylation sites (tertiary alicyclic amines) is 1. The van der Waals surface area contributed by atoms with Gasteiger partial charge in [0, 0.05) is 25.0 Å².